The summed E-state index contributed by atoms with van der Waals surface area (Å²) < 4.78 is 10.6. The molecular weight excluding hydrogens is 376 g/mol. The summed E-state index contributed by atoms with van der Waals surface area (Å²) in [6.07, 6.45) is 2.15. The summed E-state index contributed by atoms with van der Waals surface area (Å²) in [6.45, 7) is 4.99. The average Bonchev–Trinajstić information content (AvgIpc) is 3.42. The molecule has 29 heavy (non-hydrogen) atoms. The molecule has 2 saturated heterocycles. The maximum absolute atomic E-state index is 12.6. The standard InChI is InChI=1S/C20H26N4O5/c1-2-23-7-3-4-14(23)10-21-18(25)9-15-19(26)24(20(27)22-15)11-13-5-6-16-17(8-13)29-12-28-16/h5-6,8,14-15H,2-4,7,9-12H2,1H3,(H,21,25)(H,22,27)/t14?,15-/m0/s1. The summed E-state index contributed by atoms with van der Waals surface area (Å²) in [6, 6.07) is 4.32. The zero-order valence-electron chi connectivity index (χ0n) is 16.5. The van der Waals surface area contributed by atoms with Crippen LogP contribution >= 0.6 is 0 Å². The van der Waals surface area contributed by atoms with Crippen LogP contribution in [0.5, 0.6) is 11.5 Å². The number of carbonyl (C=O) groups is 3. The molecule has 0 bridgehead atoms. The molecule has 1 unspecified atom stereocenters. The number of benzene rings is 1. The van der Waals surface area contributed by atoms with Crippen LogP contribution in [0, 0.1) is 0 Å². The number of likely N-dealkylation sites (tertiary alicyclic amines) is 1. The van der Waals surface area contributed by atoms with Crippen LogP contribution in [0.2, 0.25) is 0 Å². The number of hydrogen-bond donors (Lipinski definition) is 2. The Bertz CT molecular complexity index is 814. The Kier molecular flexibility index (Phi) is 5.57. The van der Waals surface area contributed by atoms with E-state index in [1.807, 2.05) is 0 Å². The van der Waals surface area contributed by atoms with Gasteiger partial charge in [-0.1, -0.05) is 13.0 Å². The zero-order chi connectivity index (χ0) is 20.4. The van der Waals surface area contributed by atoms with E-state index in [0.29, 0.717) is 24.1 Å². The van der Waals surface area contributed by atoms with Crippen LogP contribution in [0.4, 0.5) is 4.79 Å². The van der Waals surface area contributed by atoms with Crippen LogP contribution in [0.25, 0.3) is 0 Å². The van der Waals surface area contributed by atoms with E-state index in [1.165, 1.54) is 0 Å². The first kappa shape index (κ1) is 19.5. The molecule has 2 atom stereocenters. The first-order chi connectivity index (χ1) is 14.0. The molecule has 3 heterocycles. The smallest absolute Gasteiger partial charge is 0.325 e. The molecule has 4 rings (SSSR count). The van der Waals surface area contributed by atoms with E-state index < -0.39 is 12.1 Å². The number of carbonyl (C=O) groups excluding carboxylic acids is 3. The van der Waals surface area contributed by atoms with Gasteiger partial charge in [0.05, 0.1) is 13.0 Å². The van der Waals surface area contributed by atoms with Gasteiger partial charge in [0.1, 0.15) is 6.04 Å². The molecule has 1 aromatic rings. The lowest BCUT2D eigenvalue weighted by Gasteiger charge is -2.23. The number of urea groups is 1. The average molecular weight is 402 g/mol. The molecule has 3 aliphatic rings. The maximum atomic E-state index is 12.6. The lowest BCUT2D eigenvalue weighted by Crippen LogP contribution is -2.42. The van der Waals surface area contributed by atoms with E-state index >= 15 is 0 Å². The van der Waals surface area contributed by atoms with Gasteiger partial charge in [-0.25, -0.2) is 4.79 Å². The Morgan fingerprint density at radius 2 is 2.10 bits per heavy atom. The number of fused-ring (bicyclic) bond motifs is 1. The molecule has 4 amide bonds. The largest absolute Gasteiger partial charge is 0.454 e. The van der Waals surface area contributed by atoms with Crippen molar-refractivity contribution < 1.29 is 23.9 Å². The van der Waals surface area contributed by atoms with Gasteiger partial charge in [0, 0.05) is 12.6 Å². The highest BCUT2D eigenvalue weighted by atomic mass is 16.7. The van der Waals surface area contributed by atoms with Gasteiger partial charge >= 0.3 is 6.03 Å². The van der Waals surface area contributed by atoms with Crippen molar-refractivity contribution in [2.45, 2.75) is 44.8 Å². The molecule has 0 saturated carbocycles. The van der Waals surface area contributed by atoms with Crippen LogP contribution in [0.15, 0.2) is 18.2 Å². The molecule has 2 N–H and O–H groups in total. The summed E-state index contributed by atoms with van der Waals surface area (Å²) in [7, 11) is 0. The molecule has 2 fully saturated rings. The fourth-order valence-corrected chi connectivity index (χ4v) is 4.12. The summed E-state index contributed by atoms with van der Waals surface area (Å²) in [5, 5.41) is 5.53. The van der Waals surface area contributed by atoms with Crippen molar-refractivity contribution in [3.8, 4) is 11.5 Å². The van der Waals surface area contributed by atoms with Crippen molar-refractivity contribution in [2.24, 2.45) is 0 Å². The van der Waals surface area contributed by atoms with E-state index in [4.69, 9.17) is 9.47 Å². The first-order valence-electron chi connectivity index (χ1n) is 10.1. The topological polar surface area (TPSA) is 100 Å². The Hall–Kier alpha value is -2.81. The van der Waals surface area contributed by atoms with Crippen molar-refractivity contribution in [1.29, 1.82) is 0 Å². The van der Waals surface area contributed by atoms with Crippen molar-refractivity contribution in [3.63, 3.8) is 0 Å². The summed E-state index contributed by atoms with van der Waals surface area (Å²) in [5.41, 5.74) is 0.753. The molecule has 1 aromatic carbocycles. The molecule has 156 valence electrons. The predicted octanol–water partition coefficient (Wildman–Crippen LogP) is 0.826. The number of nitrogens with zero attached hydrogens (tertiary/aromatic N) is 2. The molecule has 9 heteroatoms. The molecular formula is C20H26N4O5. The Labute approximate surface area is 169 Å². The van der Waals surface area contributed by atoms with E-state index in [2.05, 4.69) is 22.5 Å². The summed E-state index contributed by atoms with van der Waals surface area (Å²) in [5.74, 6) is 0.623. The number of rotatable bonds is 7. The van der Waals surface area contributed by atoms with Crippen LogP contribution < -0.4 is 20.1 Å². The van der Waals surface area contributed by atoms with Gasteiger partial charge < -0.3 is 20.1 Å². The molecule has 0 radical (unpaired) electrons. The van der Waals surface area contributed by atoms with Gasteiger partial charge in [-0.2, -0.15) is 0 Å². The normalized spacial score (nSPS) is 23.6. The Morgan fingerprint density at radius 3 is 2.93 bits per heavy atom. The van der Waals surface area contributed by atoms with E-state index in [9.17, 15) is 14.4 Å². The monoisotopic (exact) mass is 402 g/mol. The highest BCUT2D eigenvalue weighted by Crippen LogP contribution is 2.33. The van der Waals surface area contributed by atoms with Crippen molar-refractivity contribution in [2.75, 3.05) is 26.4 Å². The van der Waals surface area contributed by atoms with Crippen LogP contribution in [0.1, 0.15) is 31.7 Å². The van der Waals surface area contributed by atoms with Gasteiger partial charge in [-0.15, -0.1) is 0 Å². The fourth-order valence-electron chi connectivity index (χ4n) is 4.12. The number of likely N-dealkylation sites (N-methyl/N-ethyl adjacent to an activating group) is 1. The third-order valence-corrected chi connectivity index (χ3v) is 5.71. The van der Waals surface area contributed by atoms with Crippen molar-refractivity contribution >= 4 is 17.8 Å². The first-order valence-corrected chi connectivity index (χ1v) is 10.1. The lowest BCUT2D eigenvalue weighted by atomic mass is 10.1. The molecule has 3 aliphatic heterocycles. The van der Waals surface area contributed by atoms with Gasteiger partial charge in [0.25, 0.3) is 5.91 Å². The third-order valence-electron chi connectivity index (χ3n) is 5.71. The second kappa shape index (κ2) is 8.28. The third kappa shape index (κ3) is 4.14. The van der Waals surface area contributed by atoms with Crippen LogP contribution in [0.3, 0.4) is 0 Å². The predicted molar refractivity (Wildman–Crippen MR) is 103 cm³/mol. The minimum Gasteiger partial charge on any atom is -0.454 e. The molecule has 0 aromatic heterocycles. The number of hydrogen-bond acceptors (Lipinski definition) is 6. The number of nitrogens with one attached hydrogen (secondary N) is 2. The fraction of sp³-hybridized carbons (Fsp3) is 0.550. The van der Waals surface area contributed by atoms with E-state index in [1.54, 1.807) is 18.2 Å². The van der Waals surface area contributed by atoms with E-state index in [-0.39, 0.29) is 31.6 Å². The summed E-state index contributed by atoms with van der Waals surface area (Å²) in [4.78, 5) is 40.7. The minimum atomic E-state index is -0.831. The van der Waals surface area contributed by atoms with E-state index in [0.717, 1.165) is 36.4 Å². The number of imide groups is 1. The van der Waals surface area contributed by atoms with Gasteiger partial charge in [0.2, 0.25) is 12.7 Å². The van der Waals surface area contributed by atoms with Crippen LogP contribution in [-0.4, -0.2) is 66.2 Å². The Balaban J connectivity index is 1.30. The second-order valence-corrected chi connectivity index (χ2v) is 7.55. The lowest BCUT2D eigenvalue weighted by molar-refractivity contribution is -0.131. The van der Waals surface area contributed by atoms with Gasteiger partial charge in [0.15, 0.2) is 11.5 Å². The SMILES string of the molecule is CCN1CCCC1CNC(=O)C[C@@H]1NC(=O)N(Cc2ccc3c(c2)OCO3)C1=O. The minimum absolute atomic E-state index is 0.0545. The number of ether oxygens (including phenoxy) is 2. The number of amides is 4. The molecule has 9 nitrogen and oxygen atoms in total. The van der Waals surface area contributed by atoms with Crippen molar-refractivity contribution in [3.05, 3.63) is 23.8 Å². The Morgan fingerprint density at radius 1 is 1.28 bits per heavy atom. The zero-order valence-corrected chi connectivity index (χ0v) is 16.5. The highest BCUT2D eigenvalue weighted by molar-refractivity contribution is 6.05. The quantitative estimate of drug-likeness (QED) is 0.656. The summed E-state index contributed by atoms with van der Waals surface area (Å²) >= 11 is 0. The second-order valence-electron chi connectivity index (χ2n) is 7.55. The van der Waals surface area contributed by atoms with Crippen LogP contribution in [-0.2, 0) is 16.1 Å². The highest BCUT2D eigenvalue weighted by Gasteiger charge is 2.39. The van der Waals surface area contributed by atoms with Gasteiger partial charge in [-0.3, -0.25) is 19.4 Å². The molecule has 0 spiro atoms. The maximum Gasteiger partial charge on any atom is 0.325 e. The van der Waals surface area contributed by atoms with Gasteiger partial charge in [-0.05, 0) is 43.6 Å². The molecule has 0 aliphatic carbocycles. The van der Waals surface area contributed by atoms with Crippen molar-refractivity contribution in [1.82, 2.24) is 20.4 Å².